The quantitative estimate of drug-likeness (QED) is 0.686. The zero-order valence-corrected chi connectivity index (χ0v) is 8.46. The highest BCUT2D eigenvalue weighted by molar-refractivity contribution is 7.80. The van der Waals surface area contributed by atoms with E-state index in [-0.39, 0.29) is 17.6 Å². The molecular formula is C8H12N4OS. The van der Waals surface area contributed by atoms with Crippen molar-refractivity contribution in [1.29, 1.82) is 0 Å². The first kappa shape index (κ1) is 9.39. The van der Waals surface area contributed by atoms with Crippen LogP contribution in [0, 0.1) is 5.92 Å². The molecule has 1 fully saturated rings. The molecule has 0 amide bonds. The number of thiocarbonyl (C=S) groups is 1. The highest BCUT2D eigenvalue weighted by Crippen LogP contribution is 2.34. The fourth-order valence-electron chi connectivity index (χ4n) is 2.10. The van der Waals surface area contributed by atoms with Crippen LogP contribution in [0.25, 0.3) is 0 Å². The van der Waals surface area contributed by atoms with Gasteiger partial charge in [-0.1, -0.05) is 18.6 Å². The predicted octanol–water partition coefficient (Wildman–Crippen LogP) is 0.199. The van der Waals surface area contributed by atoms with Crippen LogP contribution < -0.4 is 11.4 Å². The molecule has 0 aromatic carbocycles. The number of aromatic nitrogens is 3. The summed E-state index contributed by atoms with van der Waals surface area (Å²) in [5.41, 5.74) is 5.45. The lowest BCUT2D eigenvalue weighted by atomic mass is 10.0. The molecule has 1 aromatic heterocycles. The van der Waals surface area contributed by atoms with Crippen LogP contribution in [-0.2, 0) is 0 Å². The van der Waals surface area contributed by atoms with Crippen LogP contribution in [0.4, 0.5) is 0 Å². The number of rotatable bonds is 2. The molecular weight excluding hydrogens is 200 g/mol. The second-order valence-electron chi connectivity index (χ2n) is 3.58. The smallest absolute Gasteiger partial charge is 0.343 e. The van der Waals surface area contributed by atoms with Gasteiger partial charge in [0.05, 0.1) is 4.99 Å². The van der Waals surface area contributed by atoms with Crippen LogP contribution in [0.3, 0.4) is 0 Å². The Balaban J connectivity index is 2.30. The van der Waals surface area contributed by atoms with E-state index >= 15 is 0 Å². The molecule has 1 heterocycles. The molecule has 2 rings (SSSR count). The maximum Gasteiger partial charge on any atom is 0.343 e. The summed E-state index contributed by atoms with van der Waals surface area (Å²) >= 11 is 4.98. The average molecular weight is 212 g/mol. The Labute approximate surface area is 86.3 Å². The molecule has 5 nitrogen and oxygen atoms in total. The summed E-state index contributed by atoms with van der Waals surface area (Å²) in [6.07, 6.45) is 4.49. The first-order chi connectivity index (χ1) is 6.70. The third kappa shape index (κ3) is 1.45. The van der Waals surface area contributed by atoms with Gasteiger partial charge in [0.25, 0.3) is 0 Å². The molecule has 1 aromatic rings. The molecule has 1 aliphatic carbocycles. The van der Waals surface area contributed by atoms with Gasteiger partial charge in [0.1, 0.15) is 6.33 Å². The normalized spacial score (nSPS) is 26.6. The van der Waals surface area contributed by atoms with Crippen LogP contribution in [0.2, 0.25) is 0 Å². The number of H-pyrrole nitrogens is 1. The van der Waals surface area contributed by atoms with E-state index in [1.54, 1.807) is 4.57 Å². The summed E-state index contributed by atoms with van der Waals surface area (Å²) in [5, 5.41) is 6.08. The minimum Gasteiger partial charge on any atom is -0.393 e. The third-order valence-corrected chi connectivity index (χ3v) is 3.08. The summed E-state index contributed by atoms with van der Waals surface area (Å²) in [6, 6.07) is 0.0961. The lowest BCUT2D eigenvalue weighted by molar-refractivity contribution is 0.450. The number of aromatic amines is 1. The van der Waals surface area contributed by atoms with Crippen LogP contribution in [-0.4, -0.2) is 19.8 Å². The van der Waals surface area contributed by atoms with Gasteiger partial charge in [-0.2, -0.15) is 5.10 Å². The van der Waals surface area contributed by atoms with Gasteiger partial charge in [0.2, 0.25) is 0 Å². The van der Waals surface area contributed by atoms with Crippen molar-refractivity contribution in [3.63, 3.8) is 0 Å². The Kier molecular flexibility index (Phi) is 2.37. The Morgan fingerprint density at radius 2 is 2.50 bits per heavy atom. The van der Waals surface area contributed by atoms with Crippen molar-refractivity contribution in [3.05, 3.63) is 16.8 Å². The Bertz CT molecular complexity index is 396. The van der Waals surface area contributed by atoms with Crippen LogP contribution in [0.5, 0.6) is 0 Å². The maximum absolute atomic E-state index is 11.3. The van der Waals surface area contributed by atoms with Crippen LogP contribution in [0.1, 0.15) is 25.3 Å². The summed E-state index contributed by atoms with van der Waals surface area (Å²) in [7, 11) is 0. The minimum atomic E-state index is -0.182. The number of nitrogens with one attached hydrogen (secondary N) is 1. The number of nitrogens with two attached hydrogens (primary N) is 1. The third-order valence-electron chi connectivity index (χ3n) is 2.78. The summed E-state index contributed by atoms with van der Waals surface area (Å²) < 4.78 is 1.59. The molecule has 0 bridgehead atoms. The van der Waals surface area contributed by atoms with Crippen LogP contribution >= 0.6 is 12.2 Å². The second-order valence-corrected chi connectivity index (χ2v) is 4.05. The number of hydrogen-bond acceptors (Lipinski definition) is 3. The monoisotopic (exact) mass is 212 g/mol. The van der Waals surface area contributed by atoms with Crippen molar-refractivity contribution in [3.8, 4) is 0 Å². The standard InChI is InChI=1S/C8H12N4OS/c9-7(14)5-2-1-3-6(5)12-4-10-11-8(12)13/h4-6H,1-3H2,(H2,9,14)(H,11,13). The highest BCUT2D eigenvalue weighted by Gasteiger charge is 2.31. The van der Waals surface area contributed by atoms with Crippen molar-refractivity contribution >= 4 is 17.2 Å². The van der Waals surface area contributed by atoms with Gasteiger partial charge in [-0.15, -0.1) is 0 Å². The molecule has 2 atom stereocenters. The van der Waals surface area contributed by atoms with Crippen molar-refractivity contribution in [2.75, 3.05) is 0 Å². The van der Waals surface area contributed by atoms with Crippen molar-refractivity contribution in [2.45, 2.75) is 25.3 Å². The van der Waals surface area contributed by atoms with Crippen LogP contribution in [0.15, 0.2) is 11.1 Å². The lowest BCUT2D eigenvalue weighted by Crippen LogP contribution is -2.30. The fraction of sp³-hybridized carbons (Fsp3) is 0.625. The molecule has 0 saturated heterocycles. The molecule has 76 valence electrons. The van der Waals surface area contributed by atoms with Gasteiger partial charge in [0.15, 0.2) is 0 Å². The van der Waals surface area contributed by atoms with E-state index in [4.69, 9.17) is 18.0 Å². The SMILES string of the molecule is NC(=S)C1CCCC1n1cn[nH]c1=O. The molecule has 0 aliphatic heterocycles. The minimum absolute atomic E-state index is 0.0961. The summed E-state index contributed by atoms with van der Waals surface area (Å²) in [5.74, 6) is 0.139. The maximum atomic E-state index is 11.3. The molecule has 0 radical (unpaired) electrons. The topological polar surface area (TPSA) is 76.7 Å². The molecule has 1 saturated carbocycles. The number of nitrogens with zero attached hydrogens (tertiary/aromatic N) is 2. The van der Waals surface area contributed by atoms with Crippen molar-refractivity contribution in [2.24, 2.45) is 11.7 Å². The van der Waals surface area contributed by atoms with Gasteiger partial charge in [-0.05, 0) is 12.8 Å². The molecule has 1 aliphatic rings. The zero-order chi connectivity index (χ0) is 10.1. The van der Waals surface area contributed by atoms with Gasteiger partial charge in [0, 0.05) is 12.0 Å². The second kappa shape index (κ2) is 3.53. The molecule has 14 heavy (non-hydrogen) atoms. The van der Waals surface area contributed by atoms with E-state index in [1.807, 2.05) is 0 Å². The zero-order valence-electron chi connectivity index (χ0n) is 7.64. The fourth-order valence-corrected chi connectivity index (χ4v) is 2.37. The average Bonchev–Trinajstić information content (AvgIpc) is 2.70. The molecule has 3 N–H and O–H groups in total. The summed E-state index contributed by atoms with van der Waals surface area (Å²) in [6.45, 7) is 0. The van der Waals surface area contributed by atoms with E-state index in [2.05, 4.69) is 10.2 Å². The van der Waals surface area contributed by atoms with E-state index in [9.17, 15) is 4.79 Å². The largest absolute Gasteiger partial charge is 0.393 e. The molecule has 6 heteroatoms. The van der Waals surface area contributed by atoms with Gasteiger partial charge >= 0.3 is 5.69 Å². The Morgan fingerprint density at radius 3 is 3.07 bits per heavy atom. The van der Waals surface area contributed by atoms with E-state index in [0.29, 0.717) is 4.99 Å². The van der Waals surface area contributed by atoms with E-state index < -0.39 is 0 Å². The first-order valence-corrected chi connectivity index (χ1v) is 5.02. The summed E-state index contributed by atoms with van der Waals surface area (Å²) in [4.78, 5) is 11.8. The van der Waals surface area contributed by atoms with Crippen molar-refractivity contribution in [1.82, 2.24) is 14.8 Å². The predicted molar refractivity (Wildman–Crippen MR) is 56.0 cm³/mol. The van der Waals surface area contributed by atoms with Crippen molar-refractivity contribution < 1.29 is 0 Å². The molecule has 2 unspecified atom stereocenters. The number of hydrogen-bond donors (Lipinski definition) is 2. The van der Waals surface area contributed by atoms with Gasteiger partial charge < -0.3 is 5.73 Å². The Hall–Kier alpha value is -1.17. The first-order valence-electron chi connectivity index (χ1n) is 4.61. The molecule has 0 spiro atoms. The van der Waals surface area contributed by atoms with E-state index in [0.717, 1.165) is 19.3 Å². The van der Waals surface area contributed by atoms with Gasteiger partial charge in [-0.3, -0.25) is 4.57 Å². The van der Waals surface area contributed by atoms with E-state index in [1.165, 1.54) is 6.33 Å². The lowest BCUT2D eigenvalue weighted by Gasteiger charge is -2.17. The Morgan fingerprint density at radius 1 is 1.71 bits per heavy atom. The van der Waals surface area contributed by atoms with Gasteiger partial charge in [-0.25, -0.2) is 9.89 Å². The highest BCUT2D eigenvalue weighted by atomic mass is 32.1.